The third-order valence-electron chi connectivity index (χ3n) is 3.64. The van der Waals surface area contributed by atoms with Gasteiger partial charge in [0.2, 0.25) is 0 Å². The Hall–Kier alpha value is -1.59. The van der Waals surface area contributed by atoms with Crippen LogP contribution in [-0.2, 0) is 9.53 Å². The second-order valence-corrected chi connectivity index (χ2v) is 6.18. The van der Waals surface area contributed by atoms with Crippen LogP contribution in [0.2, 0.25) is 0 Å². The number of hydrogen-bond donors (Lipinski definition) is 1. The number of nitrogens with two attached hydrogens (primary N) is 1. The first kappa shape index (κ1) is 13.8. The fourth-order valence-electron chi connectivity index (χ4n) is 3.03. The third kappa shape index (κ3) is 2.72. The van der Waals surface area contributed by atoms with Gasteiger partial charge < -0.3 is 10.5 Å². The molecule has 19 heavy (non-hydrogen) atoms. The molecule has 1 saturated heterocycles. The van der Waals surface area contributed by atoms with Crippen LogP contribution in [0.4, 0.5) is 4.79 Å². The lowest BCUT2D eigenvalue weighted by Crippen LogP contribution is -2.50. The van der Waals surface area contributed by atoms with Gasteiger partial charge in [0.05, 0.1) is 6.34 Å². The summed E-state index contributed by atoms with van der Waals surface area (Å²) in [6.07, 6.45) is 3.31. The summed E-state index contributed by atoms with van der Waals surface area (Å²) in [4.78, 5) is 29.4. The van der Waals surface area contributed by atoms with E-state index in [-0.39, 0.29) is 17.9 Å². The topological polar surface area (TPSA) is 85.0 Å². The smallest absolute Gasteiger partial charge is 0.411 e. The summed E-state index contributed by atoms with van der Waals surface area (Å²) in [5, 5.41) is 0. The molecule has 0 aromatic carbocycles. The SMILES string of the molecule is CC(C)(C)OC(=O)N1[C@@H]2CC[C@@H](C2)[C@H]1C(=O)N=CN. The highest BCUT2D eigenvalue weighted by Crippen LogP contribution is 2.43. The van der Waals surface area contributed by atoms with Gasteiger partial charge in [-0.2, -0.15) is 0 Å². The number of likely N-dealkylation sites (tertiary alicyclic amines) is 1. The highest BCUT2D eigenvalue weighted by atomic mass is 16.6. The van der Waals surface area contributed by atoms with Crippen molar-refractivity contribution in [3.05, 3.63) is 0 Å². The van der Waals surface area contributed by atoms with E-state index in [4.69, 9.17) is 10.5 Å². The molecule has 6 nitrogen and oxygen atoms in total. The first-order valence-corrected chi connectivity index (χ1v) is 6.63. The molecule has 0 unspecified atom stereocenters. The average molecular weight is 267 g/mol. The van der Waals surface area contributed by atoms with Crippen molar-refractivity contribution < 1.29 is 14.3 Å². The number of carbonyl (C=O) groups excluding carboxylic acids is 2. The van der Waals surface area contributed by atoms with Crippen molar-refractivity contribution >= 4 is 18.3 Å². The van der Waals surface area contributed by atoms with Gasteiger partial charge in [-0.25, -0.2) is 9.79 Å². The molecular weight excluding hydrogens is 246 g/mol. The molecule has 2 amide bonds. The Balaban J connectivity index is 2.17. The summed E-state index contributed by atoms with van der Waals surface area (Å²) in [5.74, 6) is -0.158. The zero-order valence-corrected chi connectivity index (χ0v) is 11.6. The Bertz CT molecular complexity index is 414. The number of rotatable bonds is 1. The number of ether oxygens (including phenoxy) is 1. The predicted octanol–water partition coefficient (Wildman–Crippen LogP) is 1.29. The lowest BCUT2D eigenvalue weighted by atomic mass is 9.98. The number of carbonyl (C=O) groups is 2. The maximum Gasteiger partial charge on any atom is 0.411 e. The number of fused-ring (bicyclic) bond motifs is 2. The highest BCUT2D eigenvalue weighted by molar-refractivity contribution is 5.91. The van der Waals surface area contributed by atoms with Crippen molar-refractivity contribution in [2.45, 2.75) is 57.7 Å². The maximum atomic E-state index is 12.2. The summed E-state index contributed by atoms with van der Waals surface area (Å²) in [5.41, 5.74) is 4.61. The Morgan fingerprint density at radius 1 is 1.37 bits per heavy atom. The van der Waals surface area contributed by atoms with Gasteiger partial charge in [-0.1, -0.05) is 0 Å². The lowest BCUT2D eigenvalue weighted by molar-refractivity contribution is -0.124. The van der Waals surface area contributed by atoms with Crippen LogP contribution in [0.25, 0.3) is 0 Å². The fraction of sp³-hybridized carbons (Fsp3) is 0.769. The van der Waals surface area contributed by atoms with Gasteiger partial charge in [0.15, 0.2) is 0 Å². The molecule has 2 N–H and O–H groups in total. The van der Waals surface area contributed by atoms with Gasteiger partial charge >= 0.3 is 6.09 Å². The largest absolute Gasteiger partial charge is 0.444 e. The summed E-state index contributed by atoms with van der Waals surface area (Å²) in [6, 6.07) is -0.407. The van der Waals surface area contributed by atoms with Crippen molar-refractivity contribution in [3.63, 3.8) is 0 Å². The molecule has 1 saturated carbocycles. The molecular formula is C13H21N3O3. The van der Waals surface area contributed by atoms with E-state index in [0.29, 0.717) is 0 Å². The molecule has 2 aliphatic rings. The van der Waals surface area contributed by atoms with Crippen LogP contribution in [0.5, 0.6) is 0 Å². The molecule has 3 atom stereocenters. The second kappa shape index (κ2) is 4.83. The first-order valence-electron chi connectivity index (χ1n) is 6.63. The Labute approximate surface area is 113 Å². The quantitative estimate of drug-likeness (QED) is 0.573. The van der Waals surface area contributed by atoms with Gasteiger partial charge in [-0.3, -0.25) is 9.69 Å². The number of nitrogens with zero attached hydrogens (tertiary/aromatic N) is 2. The monoisotopic (exact) mass is 267 g/mol. The van der Waals surface area contributed by atoms with E-state index in [1.54, 1.807) is 4.90 Å². The molecule has 0 aromatic heterocycles. The van der Waals surface area contributed by atoms with Crippen LogP contribution in [-0.4, -0.2) is 40.9 Å². The zero-order valence-electron chi connectivity index (χ0n) is 11.6. The summed E-state index contributed by atoms with van der Waals surface area (Å²) >= 11 is 0. The third-order valence-corrected chi connectivity index (χ3v) is 3.64. The minimum absolute atomic E-state index is 0.0989. The molecule has 0 aromatic rings. The molecule has 0 radical (unpaired) electrons. The van der Waals surface area contributed by atoms with Crippen LogP contribution < -0.4 is 5.73 Å². The number of hydrogen-bond acceptors (Lipinski definition) is 3. The van der Waals surface area contributed by atoms with E-state index in [9.17, 15) is 9.59 Å². The van der Waals surface area contributed by atoms with Crippen molar-refractivity contribution in [1.82, 2.24) is 4.90 Å². The van der Waals surface area contributed by atoms with E-state index in [2.05, 4.69) is 4.99 Å². The lowest BCUT2D eigenvalue weighted by Gasteiger charge is -2.34. The molecule has 1 aliphatic heterocycles. The van der Waals surface area contributed by atoms with Crippen LogP contribution in [0.3, 0.4) is 0 Å². The van der Waals surface area contributed by atoms with Crippen molar-refractivity contribution in [3.8, 4) is 0 Å². The molecule has 2 bridgehead atoms. The van der Waals surface area contributed by atoms with E-state index >= 15 is 0 Å². The Kier molecular flexibility index (Phi) is 3.52. The number of piperidine rings is 1. The van der Waals surface area contributed by atoms with Crippen LogP contribution in [0.15, 0.2) is 4.99 Å². The highest BCUT2D eigenvalue weighted by Gasteiger charge is 2.52. The summed E-state index contributed by atoms with van der Waals surface area (Å²) in [6.45, 7) is 5.44. The zero-order chi connectivity index (χ0) is 14.2. The van der Waals surface area contributed by atoms with Gasteiger partial charge in [0.25, 0.3) is 5.91 Å². The maximum absolute atomic E-state index is 12.2. The molecule has 1 aliphatic carbocycles. The van der Waals surface area contributed by atoms with Gasteiger partial charge in [0, 0.05) is 6.04 Å². The molecule has 2 rings (SSSR count). The average Bonchev–Trinajstić information content (AvgIpc) is 2.85. The van der Waals surface area contributed by atoms with Crippen LogP contribution in [0.1, 0.15) is 40.0 Å². The minimum atomic E-state index is -0.566. The van der Waals surface area contributed by atoms with Gasteiger partial charge in [-0.15, -0.1) is 0 Å². The van der Waals surface area contributed by atoms with Crippen molar-refractivity contribution in [2.75, 3.05) is 0 Å². The predicted molar refractivity (Wildman–Crippen MR) is 70.7 cm³/mol. The fourth-order valence-corrected chi connectivity index (χ4v) is 3.03. The van der Waals surface area contributed by atoms with Crippen LogP contribution in [0, 0.1) is 5.92 Å². The van der Waals surface area contributed by atoms with Crippen LogP contribution >= 0.6 is 0 Å². The normalized spacial score (nSPS) is 30.1. The molecule has 2 fully saturated rings. The first-order chi connectivity index (χ1) is 8.83. The number of amides is 2. The van der Waals surface area contributed by atoms with Gasteiger partial charge in [0.1, 0.15) is 11.6 Å². The van der Waals surface area contributed by atoms with Crippen molar-refractivity contribution in [1.29, 1.82) is 0 Å². The van der Waals surface area contributed by atoms with Crippen molar-refractivity contribution in [2.24, 2.45) is 16.6 Å². The number of aliphatic imine (C=N–C) groups is 1. The molecule has 1 heterocycles. The van der Waals surface area contributed by atoms with E-state index in [0.717, 1.165) is 25.6 Å². The standard InChI is InChI=1S/C13H21N3O3/c1-13(2,3)19-12(18)16-9-5-4-8(6-9)10(16)11(17)15-7-14/h7-10H,4-6H2,1-3H3,(H2,14,15,17)/t8-,9+,10-/m0/s1. The van der Waals surface area contributed by atoms with Gasteiger partial charge in [-0.05, 0) is 46.0 Å². The van der Waals surface area contributed by atoms with E-state index < -0.39 is 17.7 Å². The second-order valence-electron chi connectivity index (χ2n) is 6.18. The Morgan fingerprint density at radius 3 is 2.63 bits per heavy atom. The summed E-state index contributed by atoms with van der Waals surface area (Å²) in [7, 11) is 0. The van der Waals surface area contributed by atoms with E-state index in [1.165, 1.54) is 0 Å². The van der Waals surface area contributed by atoms with E-state index in [1.807, 2.05) is 20.8 Å². The molecule has 0 spiro atoms. The minimum Gasteiger partial charge on any atom is -0.444 e. The Morgan fingerprint density at radius 2 is 2.05 bits per heavy atom. The molecule has 6 heteroatoms. The molecule has 106 valence electrons. The summed E-state index contributed by atoms with van der Waals surface area (Å²) < 4.78 is 5.38.